The minimum atomic E-state index is -3.86. The van der Waals surface area contributed by atoms with Crippen molar-refractivity contribution in [2.24, 2.45) is 0 Å². The van der Waals surface area contributed by atoms with Gasteiger partial charge in [0.05, 0.1) is 17.7 Å². The van der Waals surface area contributed by atoms with E-state index in [1.807, 2.05) is 0 Å². The molecule has 2 rings (SSSR count). The van der Waals surface area contributed by atoms with E-state index >= 15 is 0 Å². The quantitative estimate of drug-likeness (QED) is 0.534. The lowest BCUT2D eigenvalue weighted by Crippen LogP contribution is -2.20. The summed E-state index contributed by atoms with van der Waals surface area (Å²) in [5, 5.41) is 0.500. The van der Waals surface area contributed by atoms with Crippen LogP contribution in [0.1, 0.15) is 20.7 Å². The number of Topliss-reactive ketones (excluding diaryl/α,β-unsaturated/α-hetero) is 1. The van der Waals surface area contributed by atoms with Gasteiger partial charge in [-0.25, -0.2) is 17.9 Å². The molecule has 0 aliphatic rings. The average Bonchev–Trinajstić information content (AvgIpc) is 2.65. The van der Waals surface area contributed by atoms with Gasteiger partial charge in [0.1, 0.15) is 10.6 Å². The zero-order valence-electron chi connectivity index (χ0n) is 14.3. The predicted molar refractivity (Wildman–Crippen MR) is 100 cm³/mol. The first-order valence-corrected chi connectivity index (χ1v) is 9.70. The first-order valence-electron chi connectivity index (χ1n) is 7.46. The Morgan fingerprint density at radius 3 is 2.41 bits per heavy atom. The highest BCUT2D eigenvalue weighted by atomic mass is 35.5. The van der Waals surface area contributed by atoms with E-state index in [1.165, 1.54) is 44.5 Å². The number of sulfonamides is 1. The van der Waals surface area contributed by atoms with Crippen molar-refractivity contribution in [2.75, 3.05) is 20.8 Å². The van der Waals surface area contributed by atoms with Gasteiger partial charge in [-0.2, -0.15) is 0 Å². The van der Waals surface area contributed by atoms with Crippen LogP contribution in [0.15, 0.2) is 41.3 Å². The van der Waals surface area contributed by atoms with Crippen molar-refractivity contribution in [3.63, 3.8) is 0 Å². The molecule has 0 unspecified atom stereocenters. The summed E-state index contributed by atoms with van der Waals surface area (Å²) in [5.74, 6) is -1.34. The lowest BCUT2D eigenvalue weighted by molar-refractivity contribution is 0.0474. The van der Waals surface area contributed by atoms with Crippen molar-refractivity contribution in [3.05, 3.63) is 57.6 Å². The number of carbonyl (C=O) groups excluding carboxylic acids is 2. The lowest BCUT2D eigenvalue weighted by atomic mass is 10.1. The molecule has 0 fully saturated rings. The van der Waals surface area contributed by atoms with Gasteiger partial charge in [-0.3, -0.25) is 4.79 Å². The molecule has 0 spiro atoms. The van der Waals surface area contributed by atoms with E-state index in [0.717, 1.165) is 6.07 Å². The predicted octanol–water partition coefficient (Wildman–Crippen LogP) is 2.95. The number of halogens is 2. The second kappa shape index (κ2) is 8.71. The molecular weight excluding hydrogens is 417 g/mol. The Hall–Kier alpha value is -2.13. The van der Waals surface area contributed by atoms with E-state index < -0.39 is 28.4 Å². The maximum Gasteiger partial charge on any atom is 0.338 e. The SMILES string of the molecule is CNS(=O)(=O)c1cc(C(=O)OCC(=O)c2ccc(Cl)cc2Cl)ccc1OC. The van der Waals surface area contributed by atoms with Crippen LogP contribution in [0.4, 0.5) is 0 Å². The van der Waals surface area contributed by atoms with Gasteiger partial charge in [0.2, 0.25) is 15.8 Å². The fourth-order valence-corrected chi connectivity index (χ4v) is 3.56. The summed E-state index contributed by atoms with van der Waals surface area (Å²) in [4.78, 5) is 24.1. The third kappa shape index (κ3) is 4.98. The Balaban J connectivity index is 2.19. The molecular formula is C17H15Cl2NO6S. The lowest BCUT2D eigenvalue weighted by Gasteiger charge is -2.11. The summed E-state index contributed by atoms with van der Waals surface area (Å²) in [5.41, 5.74) is 0.0988. The molecule has 0 heterocycles. The standard InChI is InChI=1S/C17H15Cl2NO6S/c1-20-27(23,24)16-7-10(3-6-15(16)25-2)17(22)26-9-14(21)12-5-4-11(18)8-13(12)19/h3-8,20H,9H2,1-2H3. The van der Waals surface area contributed by atoms with Gasteiger partial charge in [-0.05, 0) is 43.4 Å². The molecule has 0 radical (unpaired) electrons. The Kier molecular flexibility index (Phi) is 6.83. The van der Waals surface area contributed by atoms with Crippen molar-refractivity contribution in [1.82, 2.24) is 4.72 Å². The fraction of sp³-hybridized carbons (Fsp3) is 0.176. The summed E-state index contributed by atoms with van der Waals surface area (Å²) in [6, 6.07) is 8.06. The zero-order chi connectivity index (χ0) is 20.2. The van der Waals surface area contributed by atoms with E-state index in [4.69, 9.17) is 32.7 Å². The highest BCUT2D eigenvalue weighted by Crippen LogP contribution is 2.25. The van der Waals surface area contributed by atoms with Crippen LogP contribution < -0.4 is 9.46 Å². The van der Waals surface area contributed by atoms with E-state index in [0.29, 0.717) is 5.02 Å². The molecule has 1 N–H and O–H groups in total. The molecule has 7 nitrogen and oxygen atoms in total. The van der Waals surface area contributed by atoms with Crippen LogP contribution in [0, 0.1) is 0 Å². The highest BCUT2D eigenvalue weighted by Gasteiger charge is 2.21. The van der Waals surface area contributed by atoms with Crippen molar-refractivity contribution in [2.45, 2.75) is 4.90 Å². The van der Waals surface area contributed by atoms with E-state index in [1.54, 1.807) is 0 Å². The number of nitrogens with one attached hydrogen (secondary N) is 1. The number of ether oxygens (including phenoxy) is 2. The van der Waals surface area contributed by atoms with Gasteiger partial charge in [0.25, 0.3) is 0 Å². The van der Waals surface area contributed by atoms with Crippen LogP contribution in [0.2, 0.25) is 10.0 Å². The van der Waals surface area contributed by atoms with E-state index in [-0.39, 0.29) is 26.8 Å². The topological polar surface area (TPSA) is 98.8 Å². The van der Waals surface area contributed by atoms with Gasteiger partial charge >= 0.3 is 5.97 Å². The van der Waals surface area contributed by atoms with Crippen LogP contribution in [0.5, 0.6) is 5.75 Å². The summed E-state index contributed by atoms with van der Waals surface area (Å²) in [6.07, 6.45) is 0. The van der Waals surface area contributed by atoms with Crippen molar-refractivity contribution < 1.29 is 27.5 Å². The normalized spacial score (nSPS) is 11.1. The molecule has 0 saturated heterocycles. The Bertz CT molecular complexity index is 991. The van der Waals surface area contributed by atoms with Gasteiger partial charge < -0.3 is 9.47 Å². The number of benzene rings is 2. The summed E-state index contributed by atoms with van der Waals surface area (Å²) >= 11 is 11.7. The molecule has 0 aliphatic carbocycles. The van der Waals surface area contributed by atoms with E-state index in [2.05, 4.69) is 4.72 Å². The number of esters is 1. The minimum Gasteiger partial charge on any atom is -0.495 e. The molecule has 0 aliphatic heterocycles. The van der Waals surface area contributed by atoms with Gasteiger partial charge in [-0.15, -0.1) is 0 Å². The summed E-state index contributed by atoms with van der Waals surface area (Å²) in [6.45, 7) is -0.569. The second-order valence-corrected chi connectivity index (χ2v) is 7.90. The number of carbonyl (C=O) groups is 2. The molecule has 10 heteroatoms. The van der Waals surface area contributed by atoms with Crippen molar-refractivity contribution in [1.29, 1.82) is 0 Å². The van der Waals surface area contributed by atoms with Crippen LogP contribution in [-0.4, -0.2) is 40.9 Å². The van der Waals surface area contributed by atoms with Crippen LogP contribution in [-0.2, 0) is 14.8 Å². The summed E-state index contributed by atoms with van der Waals surface area (Å²) < 4.78 is 36.2. The highest BCUT2D eigenvalue weighted by molar-refractivity contribution is 7.89. The van der Waals surface area contributed by atoms with Crippen molar-refractivity contribution in [3.8, 4) is 5.75 Å². The molecule has 0 bridgehead atoms. The first-order chi connectivity index (χ1) is 12.7. The maximum absolute atomic E-state index is 12.2. The molecule has 144 valence electrons. The van der Waals surface area contributed by atoms with Crippen LogP contribution >= 0.6 is 23.2 Å². The second-order valence-electron chi connectivity index (χ2n) is 5.20. The largest absolute Gasteiger partial charge is 0.495 e. The molecule has 27 heavy (non-hydrogen) atoms. The first kappa shape index (κ1) is 21.2. The van der Waals surface area contributed by atoms with Crippen LogP contribution in [0.3, 0.4) is 0 Å². The molecule has 0 atom stereocenters. The number of methoxy groups -OCH3 is 1. The zero-order valence-corrected chi connectivity index (χ0v) is 16.6. The number of hydrogen-bond acceptors (Lipinski definition) is 6. The van der Waals surface area contributed by atoms with Gasteiger partial charge in [0.15, 0.2) is 6.61 Å². The van der Waals surface area contributed by atoms with Gasteiger partial charge in [0, 0.05) is 10.6 Å². The summed E-state index contributed by atoms with van der Waals surface area (Å²) in [7, 11) is -1.33. The Morgan fingerprint density at radius 2 is 1.81 bits per heavy atom. The number of ketones is 1. The Morgan fingerprint density at radius 1 is 1.11 bits per heavy atom. The molecule has 0 saturated carbocycles. The Labute approximate surface area is 166 Å². The molecule has 0 amide bonds. The van der Waals surface area contributed by atoms with E-state index in [9.17, 15) is 18.0 Å². The number of hydrogen-bond donors (Lipinski definition) is 1. The maximum atomic E-state index is 12.2. The van der Waals surface area contributed by atoms with Crippen molar-refractivity contribution >= 4 is 45.0 Å². The third-order valence-electron chi connectivity index (χ3n) is 3.52. The smallest absolute Gasteiger partial charge is 0.338 e. The van der Waals surface area contributed by atoms with Gasteiger partial charge in [-0.1, -0.05) is 23.2 Å². The molecule has 0 aromatic heterocycles. The molecule has 2 aromatic carbocycles. The third-order valence-corrected chi connectivity index (χ3v) is 5.51. The minimum absolute atomic E-state index is 0.0559. The molecule has 2 aromatic rings. The van der Waals surface area contributed by atoms with Crippen LogP contribution in [0.25, 0.3) is 0 Å². The number of rotatable bonds is 7. The monoisotopic (exact) mass is 431 g/mol. The average molecular weight is 432 g/mol. The fourth-order valence-electron chi connectivity index (χ4n) is 2.13.